The van der Waals surface area contributed by atoms with Crippen LogP contribution >= 0.6 is 0 Å². The summed E-state index contributed by atoms with van der Waals surface area (Å²) in [7, 11) is 0. The molecule has 0 aliphatic carbocycles. The molecule has 34 heavy (non-hydrogen) atoms. The number of hydrogen-bond donors (Lipinski definition) is 1. The summed E-state index contributed by atoms with van der Waals surface area (Å²) in [6, 6.07) is 14.2. The highest BCUT2D eigenvalue weighted by Gasteiger charge is 2.29. The van der Waals surface area contributed by atoms with Crippen LogP contribution in [0.25, 0.3) is 11.0 Å². The van der Waals surface area contributed by atoms with Gasteiger partial charge in [-0.05, 0) is 76.2 Å². The third-order valence-corrected chi connectivity index (χ3v) is 6.70. The van der Waals surface area contributed by atoms with Crippen LogP contribution in [0.1, 0.15) is 64.6 Å². The third kappa shape index (κ3) is 5.34. The van der Waals surface area contributed by atoms with Crippen LogP contribution in [0.3, 0.4) is 0 Å². The number of carbonyl (C=O) groups is 1. The standard InChI is InChI=1S/C28H37N3O3/c1-4-34-19-18-31-25-11-6-5-10-24(25)29-26(31)22-13-16-30(17-14-22)15-12-21-8-7-9-23(20-21)28(2,3)27(32)33/h5-11,20,22H,4,12-19H2,1-3H3,(H,32,33)/i2D3,3D3. The van der Waals surface area contributed by atoms with Gasteiger partial charge >= 0.3 is 5.97 Å². The Balaban J connectivity index is 1.45. The number of carboxylic acids is 1. The van der Waals surface area contributed by atoms with Gasteiger partial charge in [0.2, 0.25) is 0 Å². The summed E-state index contributed by atoms with van der Waals surface area (Å²) >= 11 is 0. The lowest BCUT2D eigenvalue weighted by Crippen LogP contribution is -2.35. The maximum Gasteiger partial charge on any atom is 0.313 e. The smallest absolute Gasteiger partial charge is 0.313 e. The molecule has 182 valence electrons. The summed E-state index contributed by atoms with van der Waals surface area (Å²) in [6.45, 7) is -0.0500. The van der Waals surface area contributed by atoms with Crippen LogP contribution in [0.4, 0.5) is 0 Å². The monoisotopic (exact) mass is 469 g/mol. The van der Waals surface area contributed by atoms with Gasteiger partial charge in [-0.2, -0.15) is 0 Å². The number of rotatable bonds is 10. The van der Waals surface area contributed by atoms with Gasteiger partial charge in [0.15, 0.2) is 0 Å². The molecule has 1 fully saturated rings. The lowest BCUT2D eigenvalue weighted by Gasteiger charge is -2.32. The minimum Gasteiger partial charge on any atom is -0.481 e. The Bertz CT molecular complexity index is 1300. The van der Waals surface area contributed by atoms with Crippen molar-refractivity contribution in [2.24, 2.45) is 0 Å². The molecule has 0 spiro atoms. The zero-order valence-corrected chi connectivity index (χ0v) is 19.7. The van der Waals surface area contributed by atoms with E-state index in [1.807, 2.05) is 25.1 Å². The van der Waals surface area contributed by atoms with Crippen LogP contribution in [-0.4, -0.2) is 58.4 Å². The van der Waals surface area contributed by atoms with Gasteiger partial charge in [-0.25, -0.2) is 4.98 Å². The van der Waals surface area contributed by atoms with Crippen molar-refractivity contribution in [3.63, 3.8) is 0 Å². The molecule has 1 aromatic heterocycles. The maximum atomic E-state index is 12.2. The number of fused-ring (bicyclic) bond motifs is 1. The molecular weight excluding hydrogens is 426 g/mol. The van der Waals surface area contributed by atoms with E-state index in [1.54, 1.807) is 12.1 Å². The quantitative estimate of drug-likeness (QED) is 0.430. The Hall–Kier alpha value is -2.70. The van der Waals surface area contributed by atoms with Gasteiger partial charge in [-0.15, -0.1) is 0 Å². The van der Waals surface area contributed by atoms with Gasteiger partial charge in [0.25, 0.3) is 0 Å². The van der Waals surface area contributed by atoms with Gasteiger partial charge in [0.1, 0.15) is 5.82 Å². The van der Waals surface area contributed by atoms with Crippen molar-refractivity contribution >= 4 is 17.0 Å². The van der Waals surface area contributed by atoms with Crippen LogP contribution in [0.15, 0.2) is 48.5 Å². The van der Waals surface area contributed by atoms with E-state index >= 15 is 0 Å². The molecular formula is C28H37N3O3. The van der Waals surface area contributed by atoms with E-state index < -0.39 is 25.1 Å². The molecule has 2 heterocycles. The molecule has 2 aromatic carbocycles. The van der Waals surface area contributed by atoms with E-state index in [-0.39, 0.29) is 5.56 Å². The van der Waals surface area contributed by atoms with Crippen LogP contribution in [0.5, 0.6) is 0 Å². The zero-order valence-electron chi connectivity index (χ0n) is 25.7. The molecule has 1 aliphatic heterocycles. The molecule has 0 saturated carbocycles. The number of carboxylic acid groups (broad SMARTS) is 1. The highest BCUT2D eigenvalue weighted by molar-refractivity contribution is 5.80. The molecule has 4 rings (SSSR count). The lowest BCUT2D eigenvalue weighted by molar-refractivity contribution is -0.142. The Labute approximate surface area is 211 Å². The predicted molar refractivity (Wildman–Crippen MR) is 135 cm³/mol. The molecule has 6 nitrogen and oxygen atoms in total. The number of aromatic nitrogens is 2. The molecule has 0 bridgehead atoms. The normalized spacial score (nSPS) is 19.1. The largest absolute Gasteiger partial charge is 0.481 e. The topological polar surface area (TPSA) is 67.6 Å². The van der Waals surface area contributed by atoms with Crippen LogP contribution in [0.2, 0.25) is 0 Å². The van der Waals surface area contributed by atoms with E-state index in [4.69, 9.17) is 17.9 Å². The second-order valence-electron chi connectivity index (χ2n) is 8.93. The summed E-state index contributed by atoms with van der Waals surface area (Å²) in [4.78, 5) is 19.5. The second-order valence-corrected chi connectivity index (χ2v) is 8.93. The van der Waals surface area contributed by atoms with Gasteiger partial charge in [0.05, 0.1) is 23.1 Å². The fourth-order valence-electron chi connectivity index (χ4n) is 4.73. The van der Waals surface area contributed by atoms with Gasteiger partial charge in [-0.3, -0.25) is 4.79 Å². The van der Waals surface area contributed by atoms with Crippen LogP contribution in [-0.2, 0) is 27.9 Å². The van der Waals surface area contributed by atoms with Crippen molar-refractivity contribution in [3.8, 4) is 0 Å². The zero-order chi connectivity index (χ0) is 29.1. The number of hydrogen-bond acceptors (Lipinski definition) is 4. The van der Waals surface area contributed by atoms with Crippen molar-refractivity contribution < 1.29 is 22.9 Å². The molecule has 0 amide bonds. The summed E-state index contributed by atoms with van der Waals surface area (Å²) in [5.41, 5.74) is -0.408. The Morgan fingerprint density at radius 1 is 1.18 bits per heavy atom. The molecule has 0 unspecified atom stereocenters. The first kappa shape index (κ1) is 17.7. The fourth-order valence-corrected chi connectivity index (χ4v) is 4.73. The van der Waals surface area contributed by atoms with E-state index in [2.05, 4.69) is 15.5 Å². The number of nitrogens with zero attached hydrogens (tertiary/aromatic N) is 3. The molecule has 1 N–H and O–H groups in total. The van der Waals surface area contributed by atoms with Crippen molar-refractivity contribution in [3.05, 3.63) is 65.5 Å². The Kier molecular flexibility index (Phi) is 5.57. The Morgan fingerprint density at radius 2 is 1.97 bits per heavy atom. The van der Waals surface area contributed by atoms with Gasteiger partial charge < -0.3 is 19.3 Å². The minimum absolute atomic E-state index is 0.220. The minimum atomic E-state index is -3.26. The SMILES string of the molecule is [2H]C([2H])([2H])C(C(=O)O)(c1cccc(CCN2CCC(c3nc4ccccc4n3CCOCC)CC2)c1)C([2H])([2H])[2H]. The summed E-state index contributed by atoms with van der Waals surface area (Å²) in [6.07, 6.45) is 2.43. The number of likely N-dealkylation sites (tertiary alicyclic amines) is 1. The first-order valence-electron chi connectivity index (χ1n) is 15.0. The molecule has 1 saturated heterocycles. The molecule has 0 atom stereocenters. The number of aliphatic carboxylic acids is 1. The average Bonchev–Trinajstić information content (AvgIpc) is 3.25. The van der Waals surface area contributed by atoms with E-state index in [1.165, 1.54) is 12.1 Å². The second kappa shape index (κ2) is 10.7. The molecule has 1 aliphatic rings. The lowest BCUT2D eigenvalue weighted by atomic mass is 9.84. The van der Waals surface area contributed by atoms with Gasteiger partial charge in [0, 0.05) is 33.8 Å². The summed E-state index contributed by atoms with van der Waals surface area (Å²) < 4.78 is 55.0. The predicted octanol–water partition coefficient (Wildman–Crippen LogP) is 4.86. The van der Waals surface area contributed by atoms with E-state index in [9.17, 15) is 9.90 Å². The van der Waals surface area contributed by atoms with Crippen LogP contribution < -0.4 is 0 Å². The number of ether oxygens (including phenoxy) is 1. The maximum absolute atomic E-state index is 12.2. The molecule has 0 radical (unpaired) electrons. The fraction of sp³-hybridized carbons (Fsp3) is 0.500. The van der Waals surface area contributed by atoms with E-state index in [0.29, 0.717) is 37.7 Å². The Morgan fingerprint density at radius 3 is 2.71 bits per heavy atom. The highest BCUT2D eigenvalue weighted by atomic mass is 16.5. The molecule has 3 aromatic rings. The van der Waals surface area contributed by atoms with Crippen molar-refractivity contribution in [1.82, 2.24) is 14.5 Å². The third-order valence-electron chi connectivity index (χ3n) is 6.70. The first-order valence-corrected chi connectivity index (χ1v) is 12.0. The van der Waals surface area contributed by atoms with Crippen molar-refractivity contribution in [2.45, 2.75) is 57.8 Å². The van der Waals surface area contributed by atoms with E-state index in [0.717, 1.165) is 49.3 Å². The number of piperidine rings is 1. The molecule has 6 heteroatoms. The van der Waals surface area contributed by atoms with Crippen LogP contribution in [0, 0.1) is 0 Å². The number of imidazole rings is 1. The average molecular weight is 470 g/mol. The van der Waals surface area contributed by atoms with Crippen molar-refractivity contribution in [2.75, 3.05) is 32.8 Å². The first-order chi connectivity index (χ1) is 18.9. The van der Waals surface area contributed by atoms with Gasteiger partial charge in [-0.1, -0.05) is 36.4 Å². The highest BCUT2D eigenvalue weighted by Crippen LogP contribution is 2.30. The summed E-state index contributed by atoms with van der Waals surface area (Å²) in [5, 5.41) is 9.88. The van der Waals surface area contributed by atoms with Crippen molar-refractivity contribution in [1.29, 1.82) is 0 Å². The summed E-state index contributed by atoms with van der Waals surface area (Å²) in [5.74, 6) is -0.463. The number of para-hydroxylation sites is 2. The number of benzene rings is 2.